The molecule has 3 aliphatic rings. The van der Waals surface area contributed by atoms with E-state index in [0.717, 1.165) is 15.4 Å². The third kappa shape index (κ3) is 31.4. The number of carboxylic acid groups (broad SMARTS) is 1. The van der Waals surface area contributed by atoms with E-state index in [0.29, 0.717) is 103 Å². The monoisotopic (exact) mass is 1960 g/mol. The van der Waals surface area contributed by atoms with Gasteiger partial charge in [0.25, 0.3) is 0 Å². The number of thioether (sulfide) groups is 1. The molecule has 5 aromatic carbocycles. The van der Waals surface area contributed by atoms with Crippen LogP contribution in [0, 0.1) is 41.6 Å². The molecule has 14 amide bonds. The molecule has 140 heavy (non-hydrogen) atoms. The Balaban J connectivity index is 0.971. The highest BCUT2D eigenvalue weighted by atomic mass is 32.2. The van der Waals surface area contributed by atoms with E-state index in [1.54, 1.807) is 69.6 Å². The molecule has 41 heteroatoms. The minimum Gasteiger partial charge on any atom is -0.508 e. The summed E-state index contributed by atoms with van der Waals surface area (Å²) in [6.07, 6.45) is 6.39. The molecule has 0 bridgehead atoms. The number of phenols is 1. The minimum atomic E-state index is -1.88. The Bertz CT molecular complexity index is 5370. The zero-order chi connectivity index (χ0) is 102. The van der Waals surface area contributed by atoms with Gasteiger partial charge in [-0.2, -0.15) is 0 Å². The second-order valence-corrected chi connectivity index (χ2v) is 37.4. The highest BCUT2D eigenvalue weighted by Crippen LogP contribution is 2.37. The molecular formula is C99H129F3N18O19S. The number of carbonyl (C=O) groups excluding carboxylic acids is 15. The fourth-order valence-electron chi connectivity index (χ4n) is 17.2. The number of fused-ring (bicyclic) bond motifs is 1. The number of nitrogens with two attached hydrogens (primary N) is 3. The number of aromatic nitrogens is 1. The molecule has 1 aromatic heterocycles. The van der Waals surface area contributed by atoms with Crippen molar-refractivity contribution in [1.29, 1.82) is 0 Å². The molecule has 9 rings (SSSR count). The van der Waals surface area contributed by atoms with Crippen LogP contribution in [0.15, 0.2) is 128 Å². The highest BCUT2D eigenvalue weighted by molar-refractivity contribution is 8.00. The number of hydrogen-bond acceptors (Lipinski definition) is 22. The summed E-state index contributed by atoms with van der Waals surface area (Å²) in [5.74, 6) is -18.4. The van der Waals surface area contributed by atoms with Gasteiger partial charge in [-0.1, -0.05) is 138 Å². The smallest absolute Gasteiger partial charge is 0.305 e. The fourth-order valence-corrected chi connectivity index (χ4v) is 18.1. The first-order chi connectivity index (χ1) is 66.7. The number of amides is 14. The maximum absolute atomic E-state index is 15.6. The number of primary amides is 1. The number of rotatable bonds is 54. The summed E-state index contributed by atoms with van der Waals surface area (Å²) < 4.78 is 51.5. The number of nitrogens with one attached hydrogen (secondary N) is 10. The second kappa shape index (κ2) is 53.2. The van der Waals surface area contributed by atoms with Gasteiger partial charge in [-0.15, -0.1) is 24.1 Å². The van der Waals surface area contributed by atoms with Crippen molar-refractivity contribution >= 4 is 118 Å². The summed E-state index contributed by atoms with van der Waals surface area (Å²) in [6.45, 7) is 8.65. The van der Waals surface area contributed by atoms with Gasteiger partial charge in [0.1, 0.15) is 84.8 Å². The number of halogens is 3. The van der Waals surface area contributed by atoms with Crippen LogP contribution in [0.25, 0.3) is 10.9 Å². The Morgan fingerprint density at radius 2 is 1.17 bits per heavy atom. The number of aromatic amines is 1. The standard InChI is InChI=1S/C99H129F3N18O19S/c1-10-12-32-78(97(137)119-40-22-33-76(119)92(132)108-63(53-121)50-83(125)126)116(7)96(136)80(48-59-27-17-14-18-28-59)118(9)95(135)74(46-61-43-66(100)84(102)67(101)44-61)110-82(124)55-140-54-75(88(128)107-52-81(123)109-70(24-11-2)87(105)127)115-89(129)71(42-56(3)4)112-90(130)72(45-60-35-37-64(122)38-36-60)113-91(131)73(49-62-51-106-68-30-20-19-29-65(62)68)114-93(133)77-34-23-41-120(77)99-86(139-99)69(31-21-39-103)111-94(134)79(47-58-25-15-13-16-26-58)117(8)98(138)85(104)57(5)6/h2,13-20,25-30,35-38,43-44,51,53,56-57,63,69-80,85-86,99,106,122H,10,12,21-24,31-34,39-42,45-50,52,54-55,103-104H2,1,3-9H3,(H2,105,127)(H,107,128)(H,108,132)(H,109,123)(H,110,124)(H,111,134)(H,112,130)(H,113,131)(H,114,133)(H,115,129)(H,125,126)/t63-,69-,70-,71-,72-,73-,74-,75-,76+,77+,78-,79?,80-,85-,86?,99?/m0/s1. The molecule has 0 aliphatic carbocycles. The number of nitrogens with zero attached hydrogens (tertiary/aromatic N) is 5. The fraction of sp³-hybridized carbons (Fsp3) is 0.495. The van der Waals surface area contributed by atoms with Crippen LogP contribution in [0.3, 0.4) is 0 Å². The number of likely N-dealkylation sites (N-methyl/N-ethyl adjacent to an activating group) is 3. The molecule has 37 nitrogen and oxygen atoms in total. The van der Waals surface area contributed by atoms with Crippen LogP contribution < -0.4 is 65.1 Å². The molecule has 0 spiro atoms. The van der Waals surface area contributed by atoms with E-state index in [4.69, 9.17) is 28.4 Å². The third-order valence-electron chi connectivity index (χ3n) is 25.1. The maximum atomic E-state index is 15.6. The van der Waals surface area contributed by atoms with Crippen molar-refractivity contribution in [2.45, 2.75) is 241 Å². The van der Waals surface area contributed by atoms with Crippen molar-refractivity contribution < 1.29 is 105 Å². The lowest BCUT2D eigenvalue weighted by Crippen LogP contribution is -2.60. The van der Waals surface area contributed by atoms with Crippen molar-refractivity contribution in [1.82, 2.24) is 77.3 Å². The Labute approximate surface area is 815 Å². The number of benzene rings is 5. The van der Waals surface area contributed by atoms with Gasteiger partial charge in [-0.25, -0.2) is 13.2 Å². The number of aldehydes is 1. The van der Waals surface area contributed by atoms with Gasteiger partial charge in [0.2, 0.25) is 82.7 Å². The Morgan fingerprint density at radius 3 is 1.79 bits per heavy atom. The number of unbranched alkanes of at least 4 members (excludes halogenated alkanes) is 1. The molecule has 6 aromatic rings. The number of carboxylic acids is 1. The average molecular weight is 1960 g/mol. The highest BCUT2D eigenvalue weighted by Gasteiger charge is 2.54. The van der Waals surface area contributed by atoms with Crippen molar-refractivity contribution in [2.24, 2.45) is 29.0 Å². The molecular weight excluding hydrogens is 1830 g/mol. The number of hydrogen-bond donors (Lipinski definition) is 15. The number of aromatic hydroxyl groups is 1. The van der Waals surface area contributed by atoms with Crippen LogP contribution in [0.2, 0.25) is 0 Å². The Kier molecular flexibility index (Phi) is 41.9. The van der Waals surface area contributed by atoms with E-state index in [1.165, 1.54) is 48.2 Å². The van der Waals surface area contributed by atoms with Gasteiger partial charge >= 0.3 is 5.97 Å². The van der Waals surface area contributed by atoms with Gasteiger partial charge < -0.3 is 109 Å². The van der Waals surface area contributed by atoms with Crippen LogP contribution >= 0.6 is 11.8 Å². The molecule has 3 unspecified atom stereocenters. The summed E-state index contributed by atoms with van der Waals surface area (Å²) in [7, 11) is 4.06. The number of para-hydroxylation sites is 1. The number of aliphatic carboxylic acids is 1. The molecule has 3 aliphatic heterocycles. The zero-order valence-corrected chi connectivity index (χ0v) is 80.6. The summed E-state index contributed by atoms with van der Waals surface area (Å²) >= 11 is 0.650. The number of epoxide rings is 1. The van der Waals surface area contributed by atoms with E-state index in [-0.39, 0.29) is 88.0 Å². The van der Waals surface area contributed by atoms with E-state index < -0.39 is 240 Å². The lowest BCUT2D eigenvalue weighted by Gasteiger charge is -2.38. The third-order valence-corrected chi connectivity index (χ3v) is 26.1. The van der Waals surface area contributed by atoms with Crippen LogP contribution in [0.4, 0.5) is 13.2 Å². The number of ether oxygens (including phenoxy) is 1. The largest absolute Gasteiger partial charge is 0.508 e. The molecule has 18 N–H and O–H groups in total. The van der Waals surface area contributed by atoms with Crippen molar-refractivity contribution in [3.63, 3.8) is 0 Å². The number of H-pyrrole nitrogens is 1. The summed E-state index contributed by atoms with van der Waals surface area (Å²) in [6, 6.07) is 13.0. The van der Waals surface area contributed by atoms with Crippen LogP contribution in [0.5, 0.6) is 5.75 Å². The summed E-state index contributed by atoms with van der Waals surface area (Å²) in [4.78, 5) is 238. The molecule has 756 valence electrons. The molecule has 4 heterocycles. The molecule has 3 saturated heterocycles. The maximum Gasteiger partial charge on any atom is 0.305 e. The first kappa shape index (κ1) is 110. The molecule has 16 atom stereocenters. The zero-order valence-electron chi connectivity index (χ0n) is 79.8. The van der Waals surface area contributed by atoms with E-state index in [1.807, 2.05) is 68.1 Å². The average Bonchev–Trinajstić information content (AvgIpc) is 1.61. The lowest BCUT2D eigenvalue weighted by molar-refractivity contribution is -0.152. The normalized spacial score (nSPS) is 17.6. The molecule has 3 fully saturated rings. The van der Waals surface area contributed by atoms with Crippen molar-refractivity contribution in [3.05, 3.63) is 173 Å². The van der Waals surface area contributed by atoms with Gasteiger partial charge in [0.15, 0.2) is 17.5 Å². The van der Waals surface area contributed by atoms with Gasteiger partial charge in [-0.05, 0) is 128 Å². The minimum absolute atomic E-state index is 0.0286. The van der Waals surface area contributed by atoms with Gasteiger partial charge in [-0.3, -0.25) is 76.8 Å². The van der Waals surface area contributed by atoms with Gasteiger partial charge in [0.05, 0.1) is 42.9 Å². The molecule has 0 saturated carbocycles. The first-order valence-corrected chi connectivity index (χ1v) is 48.1. The summed E-state index contributed by atoms with van der Waals surface area (Å²) in [5, 5.41) is 44.5. The van der Waals surface area contributed by atoms with Gasteiger partial charge in [0, 0.05) is 95.6 Å². The predicted molar refractivity (Wildman–Crippen MR) is 514 cm³/mol. The molecule has 0 radical (unpaired) electrons. The number of phenolic OH excluding ortho intramolecular Hbond substituents is 1. The number of terminal acetylenes is 1. The van der Waals surface area contributed by atoms with Crippen molar-refractivity contribution in [2.75, 3.05) is 58.8 Å². The van der Waals surface area contributed by atoms with Crippen LogP contribution in [-0.4, -0.2) is 290 Å². The van der Waals surface area contributed by atoms with E-state index in [2.05, 4.69) is 58.8 Å². The Hall–Kier alpha value is -13.3. The van der Waals surface area contributed by atoms with Crippen LogP contribution in [0.1, 0.15) is 139 Å². The Morgan fingerprint density at radius 1 is 0.607 bits per heavy atom. The van der Waals surface area contributed by atoms with E-state index in [9.17, 15) is 62.5 Å². The van der Waals surface area contributed by atoms with E-state index >= 15 is 37.5 Å². The quantitative estimate of drug-likeness (QED) is 0.0113. The lowest BCUT2D eigenvalue weighted by atomic mass is 9.99. The first-order valence-electron chi connectivity index (χ1n) is 46.9. The number of likely N-dealkylation sites (tertiary alicyclic amines) is 2. The topological polar surface area (TPSA) is 544 Å². The van der Waals surface area contributed by atoms with Crippen molar-refractivity contribution in [3.8, 4) is 18.1 Å². The predicted octanol–water partition coefficient (Wildman–Crippen LogP) is 2.33. The summed E-state index contributed by atoms with van der Waals surface area (Å²) in [5.41, 5.74) is 20.5. The second-order valence-electron chi connectivity index (χ2n) is 36.3. The van der Waals surface area contributed by atoms with Crippen LogP contribution in [-0.2, 0) is 114 Å². The SMILES string of the molecule is C#CC[C@H](NC(=O)CNC(=O)[C@H](CSCC(=O)N[C@@H](Cc1cc(F)c(F)c(F)c1)C(=O)N(C)[C@@H](Cc1ccccc1)C(=O)N(C)[C@@H](CCCC)C(=O)N1CCC[C@@H]1C(=O)N[C@H](C=O)CC(=O)O)NC(=O)[C@H](CC(C)C)NC(=O)[C@H](Cc1ccc(O)cc1)NC(=O)[C@H](Cc1c[nH]c2ccccc12)NC(=O)[C@H]1CCCN1C1OC1[C@H](CCCN)NC(=O)C(Cc1ccccc1)N(C)C(=O)[C@@H](N)C(C)C)C(N)=O. The number of carbonyl (C=O) groups is 16.